The normalized spacial score (nSPS) is 18.2. The van der Waals surface area contributed by atoms with Crippen LogP contribution in [-0.4, -0.2) is 49.6 Å². The standard InChI is InChI=1S/C17H17F2N5.C4H6O2/c18-17(19)8-9-23(11-17)10-12-4-6-13(7-5-12)14-2-1-3-15-21-16(20)22-24(14)15;5-4(6)3-1-2-3/h1-7H,8-11H2,(H2,20,22);3H,1-2H2,(H,5,6). The minimum absolute atomic E-state index is 0.0185. The lowest BCUT2D eigenvalue weighted by Crippen LogP contribution is -2.24. The molecular weight excluding hydrogens is 392 g/mol. The Bertz CT molecular complexity index is 1050. The summed E-state index contributed by atoms with van der Waals surface area (Å²) in [7, 11) is 0. The second-order valence-electron chi connectivity index (χ2n) is 7.78. The Kier molecular flexibility index (Phi) is 5.38. The Morgan fingerprint density at radius 1 is 1.20 bits per heavy atom. The van der Waals surface area contributed by atoms with Crippen LogP contribution in [0.25, 0.3) is 16.9 Å². The molecule has 3 heterocycles. The van der Waals surface area contributed by atoms with E-state index >= 15 is 0 Å². The summed E-state index contributed by atoms with van der Waals surface area (Å²) in [4.78, 5) is 15.7. The topological polar surface area (TPSA) is 96.8 Å². The maximum atomic E-state index is 13.3. The fourth-order valence-electron chi connectivity index (χ4n) is 3.45. The number of halogens is 2. The highest BCUT2D eigenvalue weighted by Gasteiger charge is 2.37. The molecule has 158 valence electrons. The summed E-state index contributed by atoms with van der Waals surface area (Å²) in [5, 5.41) is 12.3. The van der Waals surface area contributed by atoms with Crippen molar-refractivity contribution in [2.75, 3.05) is 18.8 Å². The van der Waals surface area contributed by atoms with Gasteiger partial charge in [0.05, 0.1) is 18.2 Å². The van der Waals surface area contributed by atoms with Crippen molar-refractivity contribution in [1.29, 1.82) is 0 Å². The molecule has 5 rings (SSSR count). The highest BCUT2D eigenvalue weighted by Crippen LogP contribution is 2.29. The number of aliphatic carboxylic acids is 1. The van der Waals surface area contributed by atoms with Crippen molar-refractivity contribution < 1.29 is 18.7 Å². The van der Waals surface area contributed by atoms with Crippen LogP contribution >= 0.6 is 0 Å². The zero-order chi connectivity index (χ0) is 21.3. The molecule has 0 bridgehead atoms. The lowest BCUT2D eigenvalue weighted by molar-refractivity contribution is -0.138. The molecule has 2 aliphatic rings. The third-order valence-electron chi connectivity index (χ3n) is 5.21. The quantitative estimate of drug-likeness (QED) is 0.679. The molecule has 0 spiro atoms. The van der Waals surface area contributed by atoms with Crippen LogP contribution in [0.2, 0.25) is 0 Å². The van der Waals surface area contributed by atoms with Crippen LogP contribution < -0.4 is 5.73 Å². The van der Waals surface area contributed by atoms with E-state index in [1.807, 2.05) is 42.5 Å². The van der Waals surface area contributed by atoms with Gasteiger partial charge in [-0.25, -0.2) is 13.3 Å². The fourth-order valence-corrected chi connectivity index (χ4v) is 3.45. The first-order chi connectivity index (χ1) is 14.3. The predicted molar refractivity (Wildman–Crippen MR) is 108 cm³/mol. The van der Waals surface area contributed by atoms with Crippen molar-refractivity contribution in [3.8, 4) is 11.3 Å². The number of hydrogen-bond acceptors (Lipinski definition) is 5. The smallest absolute Gasteiger partial charge is 0.306 e. The SMILES string of the molecule is Nc1nc2cccc(-c3ccc(CN4CCC(F)(F)C4)cc3)n2n1.O=C(O)C1CC1. The summed E-state index contributed by atoms with van der Waals surface area (Å²) >= 11 is 0. The minimum atomic E-state index is -2.55. The molecule has 7 nitrogen and oxygen atoms in total. The highest BCUT2D eigenvalue weighted by molar-refractivity contribution is 5.72. The van der Waals surface area contributed by atoms with Gasteiger partial charge in [0.25, 0.3) is 5.92 Å². The Morgan fingerprint density at radius 3 is 2.50 bits per heavy atom. The van der Waals surface area contributed by atoms with Gasteiger partial charge in [-0.1, -0.05) is 30.3 Å². The molecule has 1 saturated heterocycles. The van der Waals surface area contributed by atoms with Crippen molar-refractivity contribution in [1.82, 2.24) is 19.5 Å². The molecule has 0 atom stereocenters. The van der Waals surface area contributed by atoms with E-state index in [0.717, 1.165) is 29.7 Å². The van der Waals surface area contributed by atoms with E-state index < -0.39 is 11.9 Å². The molecule has 0 unspecified atom stereocenters. The summed E-state index contributed by atoms with van der Waals surface area (Å²) in [5.41, 5.74) is 9.23. The van der Waals surface area contributed by atoms with Gasteiger partial charge in [0.1, 0.15) is 0 Å². The van der Waals surface area contributed by atoms with E-state index in [0.29, 0.717) is 18.7 Å². The van der Waals surface area contributed by atoms with Gasteiger partial charge >= 0.3 is 5.97 Å². The predicted octanol–water partition coefficient (Wildman–Crippen LogP) is 3.30. The Morgan fingerprint density at radius 2 is 1.93 bits per heavy atom. The second kappa shape index (κ2) is 7.98. The number of anilines is 1. The molecule has 0 radical (unpaired) electrons. The Hall–Kier alpha value is -3.07. The molecule has 2 fully saturated rings. The van der Waals surface area contributed by atoms with Gasteiger partial charge in [-0.15, -0.1) is 5.10 Å². The van der Waals surface area contributed by atoms with Crippen LogP contribution in [0.5, 0.6) is 0 Å². The number of rotatable bonds is 4. The maximum Gasteiger partial charge on any atom is 0.306 e. The molecule has 1 aromatic carbocycles. The summed E-state index contributed by atoms with van der Waals surface area (Å²) in [6.45, 7) is 0.814. The van der Waals surface area contributed by atoms with Crippen LogP contribution in [0, 0.1) is 5.92 Å². The molecule has 0 amide bonds. The van der Waals surface area contributed by atoms with Gasteiger partial charge in [0.15, 0.2) is 5.65 Å². The lowest BCUT2D eigenvalue weighted by atomic mass is 10.1. The number of nitrogens with two attached hydrogens (primary N) is 1. The average Bonchev–Trinajstić information content (AvgIpc) is 3.40. The molecule has 9 heteroatoms. The number of hydrogen-bond donors (Lipinski definition) is 2. The zero-order valence-electron chi connectivity index (χ0n) is 16.3. The molecule has 30 heavy (non-hydrogen) atoms. The number of carbonyl (C=O) groups is 1. The van der Waals surface area contributed by atoms with E-state index in [1.165, 1.54) is 0 Å². The van der Waals surface area contributed by atoms with E-state index in [4.69, 9.17) is 10.8 Å². The number of nitrogens with zero attached hydrogens (tertiary/aromatic N) is 4. The maximum absolute atomic E-state index is 13.3. The summed E-state index contributed by atoms with van der Waals surface area (Å²) in [5.74, 6) is -2.93. The Labute approximate surface area is 172 Å². The number of benzene rings is 1. The molecule has 2 aromatic heterocycles. The third-order valence-corrected chi connectivity index (χ3v) is 5.21. The summed E-state index contributed by atoms with van der Waals surface area (Å²) in [6, 6.07) is 13.5. The van der Waals surface area contributed by atoms with Gasteiger partial charge in [-0.05, 0) is 30.5 Å². The number of nitrogen functional groups attached to an aromatic ring is 1. The number of pyridine rings is 1. The first-order valence-corrected chi connectivity index (χ1v) is 9.84. The second-order valence-corrected chi connectivity index (χ2v) is 7.78. The van der Waals surface area contributed by atoms with Crippen LogP contribution in [-0.2, 0) is 11.3 Å². The van der Waals surface area contributed by atoms with Crippen LogP contribution in [0.1, 0.15) is 24.8 Å². The largest absolute Gasteiger partial charge is 0.481 e. The van der Waals surface area contributed by atoms with E-state index in [9.17, 15) is 13.6 Å². The fraction of sp³-hybridized carbons (Fsp3) is 0.381. The lowest BCUT2D eigenvalue weighted by Gasteiger charge is -2.15. The van der Waals surface area contributed by atoms with E-state index in [2.05, 4.69) is 10.1 Å². The number of aromatic nitrogens is 3. The highest BCUT2D eigenvalue weighted by atomic mass is 19.3. The zero-order valence-corrected chi connectivity index (χ0v) is 16.3. The number of carboxylic acid groups (broad SMARTS) is 1. The van der Waals surface area contributed by atoms with Crippen molar-refractivity contribution in [2.45, 2.75) is 31.7 Å². The molecule has 3 N–H and O–H groups in total. The molecule has 1 aliphatic carbocycles. The van der Waals surface area contributed by atoms with Crippen molar-refractivity contribution in [3.63, 3.8) is 0 Å². The van der Waals surface area contributed by atoms with E-state index in [1.54, 1.807) is 9.42 Å². The van der Waals surface area contributed by atoms with Crippen molar-refractivity contribution >= 4 is 17.6 Å². The number of carboxylic acids is 1. The Balaban J connectivity index is 0.000000313. The molecule has 1 aliphatic heterocycles. The first kappa shape index (κ1) is 20.2. The van der Waals surface area contributed by atoms with Gasteiger partial charge in [0, 0.05) is 25.1 Å². The van der Waals surface area contributed by atoms with Gasteiger partial charge in [-0.3, -0.25) is 9.69 Å². The van der Waals surface area contributed by atoms with Gasteiger partial charge in [0.2, 0.25) is 5.95 Å². The monoisotopic (exact) mass is 415 g/mol. The van der Waals surface area contributed by atoms with Crippen LogP contribution in [0.3, 0.4) is 0 Å². The summed E-state index contributed by atoms with van der Waals surface area (Å²) < 4.78 is 28.2. The van der Waals surface area contributed by atoms with Crippen molar-refractivity contribution in [2.24, 2.45) is 5.92 Å². The van der Waals surface area contributed by atoms with Crippen LogP contribution in [0.4, 0.5) is 14.7 Å². The van der Waals surface area contributed by atoms with Gasteiger partial charge in [-0.2, -0.15) is 4.98 Å². The van der Waals surface area contributed by atoms with Crippen molar-refractivity contribution in [3.05, 3.63) is 48.0 Å². The number of fused-ring (bicyclic) bond motifs is 1. The molecular formula is C21H23F2N5O2. The van der Waals surface area contributed by atoms with Gasteiger partial charge < -0.3 is 10.8 Å². The molecule has 1 saturated carbocycles. The third kappa shape index (κ3) is 4.73. The first-order valence-electron chi connectivity index (χ1n) is 9.84. The number of likely N-dealkylation sites (tertiary alicyclic amines) is 1. The molecule has 3 aromatic rings. The van der Waals surface area contributed by atoms with Crippen LogP contribution in [0.15, 0.2) is 42.5 Å². The summed E-state index contributed by atoms with van der Waals surface area (Å²) in [6.07, 6.45) is 1.74. The average molecular weight is 415 g/mol. The minimum Gasteiger partial charge on any atom is -0.481 e. The number of alkyl halides is 2. The van der Waals surface area contributed by atoms with E-state index in [-0.39, 0.29) is 24.8 Å².